The summed E-state index contributed by atoms with van der Waals surface area (Å²) in [5, 5.41) is 3.96. The number of carbonyl (C=O) groups is 2. The van der Waals surface area contributed by atoms with Crippen molar-refractivity contribution in [3.63, 3.8) is 0 Å². The third kappa shape index (κ3) is 26.4. The summed E-state index contributed by atoms with van der Waals surface area (Å²) in [6.45, 7) is 10.8. The quantitative estimate of drug-likeness (QED) is 0.0215. The van der Waals surface area contributed by atoms with Crippen molar-refractivity contribution >= 4 is 33.5 Å². The standard InChI is InChI=1S/C108H146O6/c1-5-9-25-33-83-41-49-87(50-42-83)91-61-69-99(70-62-91)111-77-29-23-19-15-11-13-17-21-27-35-105(109)113-103-75-67-97-79-95(93-57-53-89(54-58-93)85-45-37-81(31-7-3)38-46-85)65-73-101(97)107(103)108-102-74-66-96(94-59-55-90(56-60-94)86-47-39-82(32-8-4)40-48-86)80-98(102)68-76-104(108)114-106(110)36-28-22-18-14-12-16-20-24-30-78-112-100-71-63-92(64-72-100)88-51-43-84(44-52-88)34-26-10-6-2/h53-76,79-88H,5-52,77-78H2,1-4H3/t81-,82-,83-,84-,85-,86-,87-,88-. The summed E-state index contributed by atoms with van der Waals surface area (Å²) in [5.41, 5.74) is 12.1. The lowest BCUT2D eigenvalue weighted by Crippen LogP contribution is -2.13. The van der Waals surface area contributed by atoms with Gasteiger partial charge in [-0.15, -0.1) is 0 Å². The van der Waals surface area contributed by atoms with Crippen molar-refractivity contribution in [1.82, 2.24) is 0 Å². The SMILES string of the molecule is CCCCC[C@H]1CC[C@H](c2ccc(OCCCCCCCCCCCC(=O)Oc3ccc4cc(-c5ccc([C@H]6CC[C@H](CCC)CC6)cc5)ccc4c3-c3c(OC(=O)CCCCCCCCCCCOc4ccc([C@H]5CC[C@H](CCCCC)CC5)cc4)ccc4cc(-c5ccc([C@H]6CC[C@H](CCC)CC6)cc5)ccc34)cc2)CC1. The van der Waals surface area contributed by atoms with Crippen LogP contribution in [0, 0.1) is 23.7 Å². The lowest BCUT2D eigenvalue weighted by Gasteiger charge is -2.29. The Labute approximate surface area is 690 Å². The molecule has 4 fully saturated rings. The second kappa shape index (κ2) is 47.3. The first-order valence-electron chi connectivity index (χ1n) is 47.4. The van der Waals surface area contributed by atoms with Gasteiger partial charge in [-0.3, -0.25) is 9.59 Å². The van der Waals surface area contributed by atoms with E-state index in [9.17, 15) is 9.59 Å². The molecule has 0 aromatic heterocycles. The van der Waals surface area contributed by atoms with Gasteiger partial charge in [0.2, 0.25) is 0 Å². The first kappa shape index (κ1) is 86.2. The summed E-state index contributed by atoms with van der Waals surface area (Å²) < 4.78 is 25.7. The Balaban J connectivity index is 0.667. The van der Waals surface area contributed by atoms with Crippen LogP contribution in [0.25, 0.3) is 54.9 Å². The van der Waals surface area contributed by atoms with Crippen LogP contribution in [0.2, 0.25) is 0 Å². The highest BCUT2D eigenvalue weighted by atomic mass is 16.5. The van der Waals surface area contributed by atoms with Crippen LogP contribution in [-0.4, -0.2) is 25.2 Å². The highest BCUT2D eigenvalue weighted by Crippen LogP contribution is 2.49. The summed E-state index contributed by atoms with van der Waals surface area (Å²) in [4.78, 5) is 28.8. The molecule has 114 heavy (non-hydrogen) atoms. The van der Waals surface area contributed by atoms with Gasteiger partial charge in [0.05, 0.1) is 13.2 Å². The Hall–Kier alpha value is -7.18. The van der Waals surface area contributed by atoms with Crippen molar-refractivity contribution in [3.8, 4) is 56.4 Å². The maximum Gasteiger partial charge on any atom is 0.311 e. The molecule has 4 aliphatic carbocycles. The fourth-order valence-electron chi connectivity index (χ4n) is 20.5. The molecule has 6 heteroatoms. The zero-order chi connectivity index (χ0) is 78.7. The molecule has 614 valence electrons. The normalized spacial score (nSPS) is 19.9. The van der Waals surface area contributed by atoms with E-state index in [2.05, 4.69) is 173 Å². The molecule has 0 atom stereocenters. The number of rotatable bonds is 47. The highest BCUT2D eigenvalue weighted by Gasteiger charge is 2.28. The number of unbranched alkanes of at least 4 members (excludes halogenated alkanes) is 20. The molecular formula is C108H146O6. The van der Waals surface area contributed by atoms with Gasteiger partial charge in [-0.1, -0.05) is 304 Å². The molecule has 0 radical (unpaired) electrons. The predicted molar refractivity (Wildman–Crippen MR) is 482 cm³/mol. The largest absolute Gasteiger partial charge is 0.494 e. The molecule has 8 aromatic carbocycles. The van der Waals surface area contributed by atoms with Crippen LogP contribution in [0.15, 0.2) is 158 Å². The van der Waals surface area contributed by atoms with E-state index in [1.54, 1.807) is 0 Å². The summed E-state index contributed by atoms with van der Waals surface area (Å²) >= 11 is 0. The first-order chi connectivity index (χ1) is 56.2. The van der Waals surface area contributed by atoms with E-state index in [-0.39, 0.29) is 11.9 Å². The van der Waals surface area contributed by atoms with Crippen molar-refractivity contribution in [2.45, 2.75) is 360 Å². The Morgan fingerprint density at radius 3 is 0.877 bits per heavy atom. The average Bonchev–Trinajstić information content (AvgIpc) is 0.743. The van der Waals surface area contributed by atoms with E-state index in [4.69, 9.17) is 18.9 Å². The smallest absolute Gasteiger partial charge is 0.311 e. The Morgan fingerprint density at radius 2 is 0.561 bits per heavy atom. The number of hydrogen-bond acceptors (Lipinski definition) is 6. The number of hydrogen-bond donors (Lipinski definition) is 0. The molecule has 0 bridgehead atoms. The molecule has 12 rings (SSSR count). The molecule has 6 nitrogen and oxygen atoms in total. The minimum absolute atomic E-state index is 0.236. The fourth-order valence-corrected chi connectivity index (χ4v) is 20.5. The van der Waals surface area contributed by atoms with E-state index in [0.717, 1.165) is 144 Å². The second-order valence-electron chi connectivity index (χ2n) is 36.1. The van der Waals surface area contributed by atoms with Gasteiger partial charge in [0.1, 0.15) is 23.0 Å². The summed E-state index contributed by atoms with van der Waals surface area (Å²) in [5.74, 6) is 8.83. The molecule has 0 saturated heterocycles. The molecule has 0 heterocycles. The minimum atomic E-state index is -0.236. The van der Waals surface area contributed by atoms with Gasteiger partial charge < -0.3 is 18.9 Å². The third-order valence-corrected chi connectivity index (χ3v) is 27.6. The van der Waals surface area contributed by atoms with Gasteiger partial charge in [-0.05, 0) is 290 Å². The number of benzene rings is 8. The van der Waals surface area contributed by atoms with E-state index in [0.29, 0.717) is 48.0 Å². The van der Waals surface area contributed by atoms with Crippen molar-refractivity contribution in [2.24, 2.45) is 23.7 Å². The average molecular weight is 1540 g/mol. The fraction of sp³-hybridized carbons (Fsp3) is 0.574. The van der Waals surface area contributed by atoms with E-state index >= 15 is 0 Å². The lowest BCUT2D eigenvalue weighted by molar-refractivity contribution is -0.135. The van der Waals surface area contributed by atoms with Gasteiger partial charge in [0.15, 0.2) is 0 Å². The Kier molecular flexibility index (Phi) is 35.7. The second-order valence-corrected chi connectivity index (χ2v) is 36.1. The van der Waals surface area contributed by atoms with E-state index in [1.165, 1.54) is 277 Å². The van der Waals surface area contributed by atoms with Crippen LogP contribution in [-0.2, 0) is 9.59 Å². The maximum atomic E-state index is 14.4. The zero-order valence-corrected chi connectivity index (χ0v) is 71.4. The van der Waals surface area contributed by atoms with Crippen molar-refractivity contribution in [3.05, 3.63) is 180 Å². The molecule has 8 aromatic rings. The number of fused-ring (bicyclic) bond motifs is 2. The van der Waals surface area contributed by atoms with Crippen LogP contribution >= 0.6 is 0 Å². The van der Waals surface area contributed by atoms with Gasteiger partial charge >= 0.3 is 11.9 Å². The molecular weight excluding hydrogens is 1390 g/mol. The summed E-state index contributed by atoms with van der Waals surface area (Å²) in [6, 6.07) is 58.5. The topological polar surface area (TPSA) is 71.1 Å². The predicted octanol–water partition coefficient (Wildman–Crippen LogP) is 32.6. The van der Waals surface area contributed by atoms with Gasteiger partial charge in [0.25, 0.3) is 0 Å². The van der Waals surface area contributed by atoms with Crippen LogP contribution in [0.4, 0.5) is 0 Å². The Morgan fingerprint density at radius 1 is 0.272 bits per heavy atom. The number of carbonyl (C=O) groups excluding carboxylic acids is 2. The highest BCUT2D eigenvalue weighted by molar-refractivity contribution is 6.11. The Bertz CT molecular complexity index is 3810. The molecule has 0 amide bonds. The van der Waals surface area contributed by atoms with Crippen LogP contribution in [0.1, 0.15) is 382 Å². The van der Waals surface area contributed by atoms with E-state index in [1.807, 2.05) is 12.1 Å². The van der Waals surface area contributed by atoms with Gasteiger partial charge in [-0.25, -0.2) is 0 Å². The van der Waals surface area contributed by atoms with Crippen molar-refractivity contribution < 1.29 is 28.5 Å². The van der Waals surface area contributed by atoms with Crippen molar-refractivity contribution in [2.75, 3.05) is 13.2 Å². The summed E-state index contributed by atoms with van der Waals surface area (Å²) in [6.07, 6.45) is 58.3. The van der Waals surface area contributed by atoms with Gasteiger partial charge in [-0.2, -0.15) is 0 Å². The lowest BCUT2D eigenvalue weighted by atomic mass is 9.77. The van der Waals surface area contributed by atoms with Crippen LogP contribution in [0.5, 0.6) is 23.0 Å². The molecule has 4 aliphatic rings. The molecule has 0 spiro atoms. The first-order valence-corrected chi connectivity index (χ1v) is 47.4. The summed E-state index contributed by atoms with van der Waals surface area (Å²) in [7, 11) is 0. The maximum absolute atomic E-state index is 14.4. The van der Waals surface area contributed by atoms with Crippen LogP contribution < -0.4 is 18.9 Å². The number of ether oxygens (including phenoxy) is 4. The number of esters is 2. The molecule has 0 unspecified atom stereocenters. The van der Waals surface area contributed by atoms with E-state index < -0.39 is 0 Å². The molecule has 0 aliphatic heterocycles. The third-order valence-electron chi connectivity index (χ3n) is 27.6. The van der Waals surface area contributed by atoms with Crippen molar-refractivity contribution in [1.29, 1.82) is 0 Å². The zero-order valence-electron chi connectivity index (χ0n) is 71.4. The monoisotopic (exact) mass is 1540 g/mol. The molecule has 4 saturated carbocycles. The molecule has 0 N–H and O–H groups in total. The van der Waals surface area contributed by atoms with Crippen LogP contribution in [0.3, 0.4) is 0 Å². The van der Waals surface area contributed by atoms with Gasteiger partial charge in [0, 0.05) is 24.0 Å². The minimum Gasteiger partial charge on any atom is -0.494 e.